The highest BCUT2D eigenvalue weighted by molar-refractivity contribution is 6.31. The lowest BCUT2D eigenvalue weighted by Crippen LogP contribution is -2.15. The molecule has 2 aromatic rings. The summed E-state index contributed by atoms with van der Waals surface area (Å²) in [7, 11) is 0. The van der Waals surface area contributed by atoms with Crippen LogP contribution in [0.5, 0.6) is 0 Å². The molecular formula is C12H8Cl2FN3O. The van der Waals surface area contributed by atoms with Crippen molar-refractivity contribution in [2.45, 2.75) is 6.42 Å². The molecule has 0 saturated heterocycles. The number of amides is 1. The molecule has 4 nitrogen and oxygen atoms in total. The van der Waals surface area contributed by atoms with E-state index in [0.29, 0.717) is 11.3 Å². The van der Waals surface area contributed by atoms with Gasteiger partial charge in [-0.05, 0) is 11.6 Å². The number of benzene rings is 1. The van der Waals surface area contributed by atoms with Crippen LogP contribution in [0.25, 0.3) is 0 Å². The van der Waals surface area contributed by atoms with Crippen LogP contribution in [0, 0.1) is 5.82 Å². The van der Waals surface area contributed by atoms with Gasteiger partial charge in [-0.2, -0.15) is 5.10 Å². The summed E-state index contributed by atoms with van der Waals surface area (Å²) in [6.07, 6.45) is 1.31. The van der Waals surface area contributed by atoms with Gasteiger partial charge in [0.05, 0.1) is 23.3 Å². The van der Waals surface area contributed by atoms with E-state index in [4.69, 9.17) is 23.2 Å². The molecule has 0 fully saturated rings. The number of halogens is 3. The number of hydrogen-bond acceptors (Lipinski definition) is 3. The fourth-order valence-electron chi connectivity index (χ4n) is 1.47. The molecule has 0 aliphatic heterocycles. The van der Waals surface area contributed by atoms with Crippen molar-refractivity contribution in [1.82, 2.24) is 10.2 Å². The predicted molar refractivity (Wildman–Crippen MR) is 70.8 cm³/mol. The lowest BCUT2D eigenvalue weighted by atomic mass is 10.1. The normalized spacial score (nSPS) is 10.3. The minimum Gasteiger partial charge on any atom is -0.324 e. The summed E-state index contributed by atoms with van der Waals surface area (Å²) in [6, 6.07) is 5.77. The molecule has 1 N–H and O–H groups in total. The number of rotatable bonds is 3. The van der Waals surface area contributed by atoms with Gasteiger partial charge in [0.25, 0.3) is 0 Å². The van der Waals surface area contributed by atoms with E-state index in [9.17, 15) is 9.18 Å². The first-order valence-corrected chi connectivity index (χ1v) is 6.03. The minimum atomic E-state index is -0.555. The third-order valence-electron chi connectivity index (χ3n) is 2.29. The number of aromatic nitrogens is 2. The van der Waals surface area contributed by atoms with Gasteiger partial charge in [0.1, 0.15) is 5.82 Å². The van der Waals surface area contributed by atoms with Gasteiger partial charge in [0, 0.05) is 6.07 Å². The van der Waals surface area contributed by atoms with Gasteiger partial charge >= 0.3 is 0 Å². The molecule has 0 spiro atoms. The third-order valence-corrected chi connectivity index (χ3v) is 2.90. The van der Waals surface area contributed by atoms with Crippen LogP contribution in [0.2, 0.25) is 10.2 Å². The Morgan fingerprint density at radius 1 is 1.37 bits per heavy atom. The highest BCUT2D eigenvalue weighted by Crippen LogP contribution is 2.20. The monoisotopic (exact) mass is 299 g/mol. The Balaban J connectivity index is 2.08. The van der Waals surface area contributed by atoms with Crippen LogP contribution in [0.3, 0.4) is 0 Å². The van der Waals surface area contributed by atoms with E-state index < -0.39 is 5.82 Å². The van der Waals surface area contributed by atoms with Gasteiger partial charge in [0.2, 0.25) is 5.91 Å². The lowest BCUT2D eigenvalue weighted by Gasteiger charge is -2.06. The molecule has 0 aliphatic carbocycles. The summed E-state index contributed by atoms with van der Waals surface area (Å²) in [6.45, 7) is 0. The zero-order valence-electron chi connectivity index (χ0n) is 9.53. The van der Waals surface area contributed by atoms with Crippen LogP contribution >= 0.6 is 23.2 Å². The van der Waals surface area contributed by atoms with Gasteiger partial charge < -0.3 is 5.32 Å². The lowest BCUT2D eigenvalue weighted by molar-refractivity contribution is -0.115. The van der Waals surface area contributed by atoms with E-state index in [2.05, 4.69) is 15.5 Å². The first-order chi connectivity index (χ1) is 9.06. The second-order valence-corrected chi connectivity index (χ2v) is 4.47. The van der Waals surface area contributed by atoms with Crippen LogP contribution in [0.4, 0.5) is 10.1 Å². The molecule has 7 heteroatoms. The van der Waals surface area contributed by atoms with Crippen LogP contribution in [0.15, 0.2) is 30.5 Å². The molecule has 98 valence electrons. The highest BCUT2D eigenvalue weighted by atomic mass is 35.5. The predicted octanol–water partition coefficient (Wildman–Crippen LogP) is 3.10. The maximum Gasteiger partial charge on any atom is 0.228 e. The Morgan fingerprint density at radius 3 is 2.89 bits per heavy atom. The van der Waals surface area contributed by atoms with Crippen molar-refractivity contribution in [3.05, 3.63) is 52.0 Å². The number of anilines is 1. The quantitative estimate of drug-likeness (QED) is 0.947. The molecule has 1 aromatic heterocycles. The van der Waals surface area contributed by atoms with Crippen molar-refractivity contribution in [2.24, 2.45) is 0 Å². The Morgan fingerprint density at radius 2 is 2.16 bits per heavy atom. The number of nitrogens with one attached hydrogen (secondary N) is 1. The molecule has 1 heterocycles. The zero-order valence-corrected chi connectivity index (χ0v) is 11.0. The summed E-state index contributed by atoms with van der Waals surface area (Å²) >= 11 is 11.4. The minimum absolute atomic E-state index is 0.0451. The first kappa shape index (κ1) is 13.7. The van der Waals surface area contributed by atoms with Crippen LogP contribution in [-0.2, 0) is 11.2 Å². The topological polar surface area (TPSA) is 54.9 Å². The van der Waals surface area contributed by atoms with Crippen LogP contribution < -0.4 is 5.32 Å². The summed E-state index contributed by atoms with van der Waals surface area (Å²) in [4.78, 5) is 11.8. The summed E-state index contributed by atoms with van der Waals surface area (Å²) in [5, 5.41) is 9.83. The average Bonchev–Trinajstić information content (AvgIpc) is 2.35. The van der Waals surface area contributed by atoms with E-state index in [1.807, 2.05) is 0 Å². The maximum atomic E-state index is 13.2. The number of carbonyl (C=O) groups excluding carboxylic acids is 1. The number of nitrogens with zero attached hydrogens (tertiary/aromatic N) is 2. The van der Waals surface area contributed by atoms with Gasteiger partial charge in [0.15, 0.2) is 5.15 Å². The van der Waals surface area contributed by atoms with Gasteiger partial charge in [-0.1, -0.05) is 35.3 Å². The van der Waals surface area contributed by atoms with Crippen molar-refractivity contribution in [2.75, 3.05) is 5.32 Å². The molecule has 0 saturated carbocycles. The molecule has 0 unspecified atom stereocenters. The van der Waals surface area contributed by atoms with Crippen molar-refractivity contribution in [3.8, 4) is 0 Å². The molecular weight excluding hydrogens is 292 g/mol. The van der Waals surface area contributed by atoms with Gasteiger partial charge in [-0.25, -0.2) is 4.39 Å². The smallest absolute Gasteiger partial charge is 0.228 e. The Kier molecular flexibility index (Phi) is 4.29. The zero-order chi connectivity index (χ0) is 13.8. The van der Waals surface area contributed by atoms with E-state index in [1.54, 1.807) is 6.07 Å². The summed E-state index contributed by atoms with van der Waals surface area (Å²) < 4.78 is 13.2. The van der Waals surface area contributed by atoms with Crippen molar-refractivity contribution < 1.29 is 9.18 Å². The van der Waals surface area contributed by atoms with Crippen molar-refractivity contribution in [1.29, 1.82) is 0 Å². The fourth-order valence-corrected chi connectivity index (χ4v) is 1.83. The van der Waals surface area contributed by atoms with Gasteiger partial charge in [-0.3, -0.25) is 4.79 Å². The van der Waals surface area contributed by atoms with E-state index in [0.717, 1.165) is 0 Å². The first-order valence-electron chi connectivity index (χ1n) is 5.27. The van der Waals surface area contributed by atoms with Gasteiger partial charge in [-0.15, -0.1) is 5.10 Å². The molecule has 1 aromatic carbocycles. The summed E-state index contributed by atoms with van der Waals surface area (Å²) in [5.41, 5.74) is 0.824. The second kappa shape index (κ2) is 5.95. The highest BCUT2D eigenvalue weighted by Gasteiger charge is 2.10. The van der Waals surface area contributed by atoms with E-state index >= 15 is 0 Å². The largest absolute Gasteiger partial charge is 0.324 e. The molecule has 0 radical (unpaired) electrons. The molecule has 0 atom stereocenters. The molecule has 0 aliphatic rings. The Hall–Kier alpha value is -1.72. The van der Waals surface area contributed by atoms with Crippen LogP contribution in [0.1, 0.15) is 5.56 Å². The molecule has 2 rings (SSSR count). The number of hydrogen-bond donors (Lipinski definition) is 1. The number of carbonyl (C=O) groups is 1. The Bertz CT molecular complexity index is 622. The Labute approximate surface area is 118 Å². The van der Waals surface area contributed by atoms with Crippen LogP contribution in [-0.4, -0.2) is 16.1 Å². The fraction of sp³-hybridized carbons (Fsp3) is 0.0833. The van der Waals surface area contributed by atoms with E-state index in [-0.39, 0.29) is 22.5 Å². The van der Waals surface area contributed by atoms with Crippen molar-refractivity contribution >= 4 is 34.8 Å². The van der Waals surface area contributed by atoms with E-state index in [1.165, 1.54) is 24.4 Å². The SMILES string of the molecule is O=C(Cc1cccc(F)c1Cl)Nc1cnnc(Cl)c1. The molecule has 19 heavy (non-hydrogen) atoms. The molecule has 0 bridgehead atoms. The van der Waals surface area contributed by atoms with Crippen molar-refractivity contribution in [3.63, 3.8) is 0 Å². The maximum absolute atomic E-state index is 13.2. The standard InChI is InChI=1S/C12H8Cl2FN3O/c13-10-5-8(6-16-18-10)17-11(19)4-7-2-1-3-9(15)12(7)14/h1-3,5-6H,4H2,(H,17,18,19). The molecule has 1 amide bonds. The third kappa shape index (κ3) is 3.62. The summed E-state index contributed by atoms with van der Waals surface area (Å²) in [5.74, 6) is -0.905. The average molecular weight is 300 g/mol. The second-order valence-electron chi connectivity index (χ2n) is 3.70.